The van der Waals surface area contributed by atoms with Crippen LogP contribution in [0.15, 0.2) is 12.1 Å². The average molecular weight is 328 g/mol. The van der Waals surface area contributed by atoms with Gasteiger partial charge in [-0.25, -0.2) is 0 Å². The topological polar surface area (TPSA) is 30.5 Å². The molecule has 0 saturated heterocycles. The van der Waals surface area contributed by atoms with Crippen molar-refractivity contribution in [1.82, 2.24) is 5.32 Å². The summed E-state index contributed by atoms with van der Waals surface area (Å²) in [5.41, 5.74) is 1.06. The maximum absolute atomic E-state index is 6.37. The largest absolute Gasteiger partial charge is 0.490 e. The van der Waals surface area contributed by atoms with Crippen LogP contribution in [0.5, 0.6) is 11.5 Å². The molecule has 0 fully saturated rings. The van der Waals surface area contributed by atoms with E-state index >= 15 is 0 Å². The molecular formula is C18H30ClNO2. The van der Waals surface area contributed by atoms with Crippen molar-refractivity contribution in [3.8, 4) is 11.5 Å². The number of unbranched alkanes of at least 4 members (excludes halogenated alkanes) is 3. The predicted molar refractivity (Wildman–Crippen MR) is 94.3 cm³/mol. The Labute approximate surface area is 140 Å². The molecule has 0 saturated carbocycles. The summed E-state index contributed by atoms with van der Waals surface area (Å²) < 4.78 is 11.4. The first-order chi connectivity index (χ1) is 10.7. The van der Waals surface area contributed by atoms with Crippen LogP contribution >= 0.6 is 11.6 Å². The van der Waals surface area contributed by atoms with Crippen LogP contribution in [0.3, 0.4) is 0 Å². The summed E-state index contributed by atoms with van der Waals surface area (Å²) in [5, 5.41) is 4.18. The van der Waals surface area contributed by atoms with E-state index in [1.165, 1.54) is 25.7 Å². The van der Waals surface area contributed by atoms with Gasteiger partial charge in [0.25, 0.3) is 0 Å². The third-order valence-electron chi connectivity index (χ3n) is 3.40. The second-order valence-corrected chi connectivity index (χ2v) is 5.82. The summed E-state index contributed by atoms with van der Waals surface area (Å²) in [6.45, 7) is 9.36. The van der Waals surface area contributed by atoms with Gasteiger partial charge in [0.2, 0.25) is 0 Å². The van der Waals surface area contributed by atoms with Crippen molar-refractivity contribution in [3.63, 3.8) is 0 Å². The van der Waals surface area contributed by atoms with Crippen LogP contribution in [-0.4, -0.2) is 19.8 Å². The van der Waals surface area contributed by atoms with Gasteiger partial charge < -0.3 is 14.8 Å². The Morgan fingerprint density at radius 2 is 1.73 bits per heavy atom. The van der Waals surface area contributed by atoms with Gasteiger partial charge in [-0.15, -0.1) is 0 Å². The number of benzene rings is 1. The van der Waals surface area contributed by atoms with E-state index in [4.69, 9.17) is 21.1 Å². The van der Waals surface area contributed by atoms with Crippen LogP contribution in [0.4, 0.5) is 0 Å². The van der Waals surface area contributed by atoms with Crippen molar-refractivity contribution in [2.75, 3.05) is 19.8 Å². The van der Waals surface area contributed by atoms with Crippen LogP contribution in [0.1, 0.15) is 58.4 Å². The minimum absolute atomic E-state index is 0.619. The molecule has 4 heteroatoms. The molecule has 0 unspecified atom stereocenters. The zero-order chi connectivity index (χ0) is 16.2. The average Bonchev–Trinajstić information content (AvgIpc) is 2.52. The predicted octanol–water partition coefficient (Wildman–Crippen LogP) is 5.20. The highest BCUT2D eigenvalue weighted by molar-refractivity contribution is 6.31. The van der Waals surface area contributed by atoms with E-state index in [9.17, 15) is 0 Å². The van der Waals surface area contributed by atoms with Crippen LogP contribution in [-0.2, 0) is 6.54 Å². The minimum atomic E-state index is 0.619. The SMILES string of the molecule is CCCCCCNCc1cc(OCC)c(OCCC)cc1Cl. The fraction of sp³-hybridized carbons (Fsp3) is 0.667. The maximum Gasteiger partial charge on any atom is 0.162 e. The van der Waals surface area contributed by atoms with Crippen molar-refractivity contribution in [2.24, 2.45) is 0 Å². The smallest absolute Gasteiger partial charge is 0.162 e. The van der Waals surface area contributed by atoms with Gasteiger partial charge in [-0.2, -0.15) is 0 Å². The molecule has 0 radical (unpaired) electrons. The molecule has 0 aliphatic rings. The highest BCUT2D eigenvalue weighted by Crippen LogP contribution is 2.33. The van der Waals surface area contributed by atoms with Crippen LogP contribution < -0.4 is 14.8 Å². The van der Waals surface area contributed by atoms with E-state index in [0.717, 1.165) is 41.6 Å². The molecule has 22 heavy (non-hydrogen) atoms. The summed E-state index contributed by atoms with van der Waals surface area (Å²) in [5.74, 6) is 1.52. The lowest BCUT2D eigenvalue weighted by atomic mass is 10.1. The molecule has 0 aliphatic heterocycles. The molecule has 3 nitrogen and oxygen atoms in total. The van der Waals surface area contributed by atoms with Gasteiger partial charge in [0.15, 0.2) is 11.5 Å². The Morgan fingerprint density at radius 1 is 0.955 bits per heavy atom. The maximum atomic E-state index is 6.37. The number of rotatable bonds is 12. The normalized spacial score (nSPS) is 10.7. The summed E-state index contributed by atoms with van der Waals surface area (Å²) in [4.78, 5) is 0. The number of hydrogen-bond donors (Lipinski definition) is 1. The zero-order valence-electron chi connectivity index (χ0n) is 14.2. The van der Waals surface area contributed by atoms with E-state index in [0.29, 0.717) is 13.2 Å². The van der Waals surface area contributed by atoms with Gasteiger partial charge in [0.05, 0.1) is 13.2 Å². The van der Waals surface area contributed by atoms with E-state index in [2.05, 4.69) is 19.2 Å². The summed E-state index contributed by atoms with van der Waals surface area (Å²) >= 11 is 6.37. The molecule has 0 aliphatic carbocycles. The van der Waals surface area contributed by atoms with Crippen molar-refractivity contribution < 1.29 is 9.47 Å². The van der Waals surface area contributed by atoms with Gasteiger partial charge in [0.1, 0.15) is 0 Å². The van der Waals surface area contributed by atoms with Gasteiger partial charge in [-0.05, 0) is 37.9 Å². The molecule has 0 aromatic heterocycles. The first-order valence-electron chi connectivity index (χ1n) is 8.51. The zero-order valence-corrected chi connectivity index (χ0v) is 15.0. The highest BCUT2D eigenvalue weighted by atomic mass is 35.5. The van der Waals surface area contributed by atoms with Gasteiger partial charge in [-0.1, -0.05) is 44.7 Å². The lowest BCUT2D eigenvalue weighted by Gasteiger charge is -2.15. The molecule has 126 valence electrons. The monoisotopic (exact) mass is 327 g/mol. The van der Waals surface area contributed by atoms with Gasteiger partial charge >= 0.3 is 0 Å². The lowest BCUT2D eigenvalue weighted by molar-refractivity contribution is 0.276. The van der Waals surface area contributed by atoms with Crippen molar-refractivity contribution in [3.05, 3.63) is 22.7 Å². The Hall–Kier alpha value is -0.930. The second-order valence-electron chi connectivity index (χ2n) is 5.41. The molecule has 0 heterocycles. The second kappa shape index (κ2) is 11.6. The van der Waals surface area contributed by atoms with Crippen LogP contribution in [0.25, 0.3) is 0 Å². The standard InChI is InChI=1S/C18H30ClNO2/c1-4-7-8-9-10-20-14-15-12-17(21-6-3)18(13-16(15)19)22-11-5-2/h12-13,20H,4-11,14H2,1-3H3. The fourth-order valence-corrected chi connectivity index (χ4v) is 2.43. The Balaban J connectivity index is 2.60. The van der Waals surface area contributed by atoms with Gasteiger partial charge in [-0.3, -0.25) is 0 Å². The number of hydrogen-bond acceptors (Lipinski definition) is 3. The van der Waals surface area contributed by atoms with E-state index in [1.54, 1.807) is 0 Å². The molecule has 1 N–H and O–H groups in total. The lowest BCUT2D eigenvalue weighted by Crippen LogP contribution is -2.15. The first kappa shape index (κ1) is 19.1. The van der Waals surface area contributed by atoms with Crippen molar-refractivity contribution >= 4 is 11.6 Å². The Kier molecular flexibility index (Phi) is 10.1. The molecular weight excluding hydrogens is 298 g/mol. The van der Waals surface area contributed by atoms with E-state index < -0.39 is 0 Å². The van der Waals surface area contributed by atoms with E-state index in [-0.39, 0.29) is 0 Å². The summed E-state index contributed by atoms with van der Waals surface area (Å²) in [7, 11) is 0. The fourth-order valence-electron chi connectivity index (χ4n) is 2.21. The number of nitrogens with one attached hydrogen (secondary N) is 1. The molecule has 0 atom stereocenters. The van der Waals surface area contributed by atoms with Crippen molar-refractivity contribution in [2.45, 2.75) is 59.4 Å². The first-order valence-corrected chi connectivity index (χ1v) is 8.89. The van der Waals surface area contributed by atoms with Crippen LogP contribution in [0.2, 0.25) is 5.02 Å². The van der Waals surface area contributed by atoms with Crippen molar-refractivity contribution in [1.29, 1.82) is 0 Å². The molecule has 1 aromatic rings. The molecule has 0 amide bonds. The molecule has 1 rings (SSSR count). The summed E-state index contributed by atoms with van der Waals surface area (Å²) in [6, 6.07) is 3.87. The van der Waals surface area contributed by atoms with Crippen LogP contribution in [0, 0.1) is 0 Å². The minimum Gasteiger partial charge on any atom is -0.490 e. The Morgan fingerprint density at radius 3 is 2.41 bits per heavy atom. The molecule has 0 bridgehead atoms. The highest BCUT2D eigenvalue weighted by Gasteiger charge is 2.11. The summed E-state index contributed by atoms with van der Waals surface area (Å²) in [6.07, 6.45) is 6.03. The van der Waals surface area contributed by atoms with Gasteiger partial charge in [0, 0.05) is 17.6 Å². The molecule has 0 spiro atoms. The third kappa shape index (κ3) is 6.89. The number of ether oxygens (including phenoxy) is 2. The number of halogens is 1. The third-order valence-corrected chi connectivity index (χ3v) is 3.75. The molecule has 1 aromatic carbocycles. The Bertz CT molecular complexity index is 424. The van der Waals surface area contributed by atoms with E-state index in [1.807, 2.05) is 19.1 Å². The quantitative estimate of drug-likeness (QED) is 0.535.